The van der Waals surface area contributed by atoms with Crippen molar-refractivity contribution in [3.63, 3.8) is 0 Å². The number of rotatable bonds is 2. The highest BCUT2D eigenvalue weighted by Crippen LogP contribution is 2.32. The number of halogens is 3. The summed E-state index contributed by atoms with van der Waals surface area (Å²) in [6, 6.07) is 3.14. The fourth-order valence-corrected chi connectivity index (χ4v) is 1.26. The first-order valence-corrected chi connectivity index (χ1v) is 4.61. The molecular weight excluding hydrogens is 219 g/mol. The summed E-state index contributed by atoms with van der Waals surface area (Å²) in [7, 11) is 0. The van der Waals surface area contributed by atoms with E-state index in [1.54, 1.807) is 13.8 Å². The zero-order valence-electron chi connectivity index (χ0n) is 8.93. The number of hydrogen-bond acceptors (Lipinski definition) is 2. The predicted molar refractivity (Wildman–Crippen MR) is 54.0 cm³/mol. The van der Waals surface area contributed by atoms with Gasteiger partial charge in [-0.3, -0.25) is 4.79 Å². The van der Waals surface area contributed by atoms with Crippen LogP contribution in [-0.4, -0.2) is 6.29 Å². The van der Waals surface area contributed by atoms with Crippen molar-refractivity contribution in [2.75, 3.05) is 0 Å². The van der Waals surface area contributed by atoms with E-state index in [4.69, 9.17) is 5.73 Å². The van der Waals surface area contributed by atoms with E-state index in [0.717, 1.165) is 12.1 Å². The van der Waals surface area contributed by atoms with Gasteiger partial charge in [-0.2, -0.15) is 13.2 Å². The molecule has 0 amide bonds. The molecule has 0 saturated carbocycles. The first-order chi connectivity index (χ1) is 7.14. The molecule has 1 aromatic rings. The van der Waals surface area contributed by atoms with Gasteiger partial charge in [0.05, 0.1) is 5.56 Å². The molecule has 0 heterocycles. The fourth-order valence-electron chi connectivity index (χ4n) is 1.26. The van der Waals surface area contributed by atoms with Crippen LogP contribution in [0.2, 0.25) is 0 Å². The predicted octanol–water partition coefficient (Wildman–Crippen LogP) is 2.71. The van der Waals surface area contributed by atoms with Crippen molar-refractivity contribution in [2.45, 2.75) is 25.6 Å². The minimum absolute atomic E-state index is 0.0247. The lowest BCUT2D eigenvalue weighted by atomic mass is 9.92. The standard InChI is InChI=1S/C11H12F3NO/c1-10(2,15)8-3-7(6-16)4-9(5-8)11(12,13)14/h3-6H,15H2,1-2H3. The van der Waals surface area contributed by atoms with Crippen molar-refractivity contribution in [1.82, 2.24) is 0 Å². The van der Waals surface area contributed by atoms with Crippen LogP contribution in [0.15, 0.2) is 18.2 Å². The number of aldehydes is 1. The number of carbonyl (C=O) groups is 1. The average molecular weight is 231 g/mol. The van der Waals surface area contributed by atoms with Crippen LogP contribution in [-0.2, 0) is 11.7 Å². The van der Waals surface area contributed by atoms with Gasteiger partial charge in [-0.15, -0.1) is 0 Å². The second kappa shape index (κ2) is 3.90. The van der Waals surface area contributed by atoms with Gasteiger partial charge in [0, 0.05) is 11.1 Å². The van der Waals surface area contributed by atoms with Crippen molar-refractivity contribution >= 4 is 6.29 Å². The lowest BCUT2D eigenvalue weighted by Crippen LogP contribution is -2.29. The molecule has 0 bridgehead atoms. The highest BCUT2D eigenvalue weighted by Gasteiger charge is 2.32. The van der Waals surface area contributed by atoms with Gasteiger partial charge in [0.2, 0.25) is 0 Å². The molecule has 0 atom stereocenters. The number of hydrogen-bond donors (Lipinski definition) is 1. The molecule has 0 fully saturated rings. The maximum Gasteiger partial charge on any atom is 0.416 e. The maximum absolute atomic E-state index is 12.5. The third-order valence-electron chi connectivity index (χ3n) is 2.16. The van der Waals surface area contributed by atoms with Gasteiger partial charge in [0.1, 0.15) is 6.29 Å². The largest absolute Gasteiger partial charge is 0.416 e. The Morgan fingerprint density at radius 3 is 2.00 bits per heavy atom. The van der Waals surface area contributed by atoms with Crippen LogP contribution in [0.4, 0.5) is 13.2 Å². The Morgan fingerprint density at radius 1 is 1.12 bits per heavy atom. The second-order valence-corrected chi connectivity index (χ2v) is 4.18. The Kier molecular flexibility index (Phi) is 3.10. The van der Waals surface area contributed by atoms with Crippen molar-refractivity contribution in [3.05, 3.63) is 34.9 Å². The summed E-state index contributed by atoms with van der Waals surface area (Å²) in [6.45, 7) is 3.16. The Morgan fingerprint density at radius 2 is 1.62 bits per heavy atom. The van der Waals surface area contributed by atoms with Crippen molar-refractivity contribution < 1.29 is 18.0 Å². The molecule has 2 nitrogen and oxygen atoms in total. The van der Waals surface area contributed by atoms with Crippen LogP contribution in [0.25, 0.3) is 0 Å². The minimum Gasteiger partial charge on any atom is -0.322 e. The van der Waals surface area contributed by atoms with Crippen LogP contribution in [0, 0.1) is 0 Å². The van der Waals surface area contributed by atoms with Gasteiger partial charge in [0.25, 0.3) is 0 Å². The van der Waals surface area contributed by atoms with Crippen LogP contribution in [0.5, 0.6) is 0 Å². The summed E-state index contributed by atoms with van der Waals surface area (Å²) in [4.78, 5) is 10.6. The SMILES string of the molecule is CC(C)(N)c1cc(C=O)cc(C(F)(F)F)c1. The van der Waals surface area contributed by atoms with Crippen molar-refractivity contribution in [3.8, 4) is 0 Å². The molecule has 0 aliphatic carbocycles. The molecule has 0 unspecified atom stereocenters. The third kappa shape index (κ3) is 2.82. The molecule has 0 aliphatic heterocycles. The van der Waals surface area contributed by atoms with Gasteiger partial charge in [-0.1, -0.05) is 0 Å². The quantitative estimate of drug-likeness (QED) is 0.795. The molecule has 0 radical (unpaired) electrons. The van der Waals surface area contributed by atoms with E-state index in [1.165, 1.54) is 6.07 Å². The highest BCUT2D eigenvalue weighted by molar-refractivity contribution is 5.75. The van der Waals surface area contributed by atoms with E-state index in [0.29, 0.717) is 6.29 Å². The Bertz CT molecular complexity index is 372. The second-order valence-electron chi connectivity index (χ2n) is 4.18. The topological polar surface area (TPSA) is 43.1 Å². The first-order valence-electron chi connectivity index (χ1n) is 4.61. The van der Waals surface area contributed by atoms with Gasteiger partial charge in [-0.25, -0.2) is 0 Å². The molecule has 0 saturated heterocycles. The summed E-state index contributed by atoms with van der Waals surface area (Å²) in [5, 5.41) is 0. The van der Waals surface area contributed by atoms with E-state index in [1.807, 2.05) is 0 Å². The third-order valence-corrected chi connectivity index (χ3v) is 2.16. The van der Waals surface area contributed by atoms with E-state index >= 15 is 0 Å². The molecule has 2 N–H and O–H groups in total. The molecule has 0 aliphatic rings. The smallest absolute Gasteiger partial charge is 0.322 e. The van der Waals surface area contributed by atoms with E-state index in [-0.39, 0.29) is 11.1 Å². The van der Waals surface area contributed by atoms with E-state index < -0.39 is 17.3 Å². The van der Waals surface area contributed by atoms with Crippen molar-refractivity contribution in [1.29, 1.82) is 0 Å². The summed E-state index contributed by atoms with van der Waals surface area (Å²) >= 11 is 0. The number of nitrogens with two attached hydrogens (primary N) is 1. The zero-order chi connectivity index (χ0) is 12.6. The number of benzene rings is 1. The molecule has 88 valence electrons. The number of carbonyl (C=O) groups excluding carboxylic acids is 1. The molecule has 0 spiro atoms. The molecule has 1 rings (SSSR count). The van der Waals surface area contributed by atoms with Gasteiger partial charge in [-0.05, 0) is 37.6 Å². The molecule has 16 heavy (non-hydrogen) atoms. The first kappa shape index (κ1) is 12.7. The van der Waals surface area contributed by atoms with Crippen LogP contribution in [0.1, 0.15) is 35.3 Å². The molecule has 0 aromatic heterocycles. The number of alkyl halides is 3. The van der Waals surface area contributed by atoms with Gasteiger partial charge >= 0.3 is 6.18 Å². The van der Waals surface area contributed by atoms with Gasteiger partial charge in [0.15, 0.2) is 0 Å². The summed E-state index contributed by atoms with van der Waals surface area (Å²) in [6.07, 6.45) is -4.09. The summed E-state index contributed by atoms with van der Waals surface area (Å²) in [5.41, 5.74) is 4.19. The van der Waals surface area contributed by atoms with Crippen molar-refractivity contribution in [2.24, 2.45) is 5.73 Å². The van der Waals surface area contributed by atoms with E-state index in [2.05, 4.69) is 0 Å². The van der Waals surface area contributed by atoms with Crippen LogP contribution >= 0.6 is 0 Å². The Balaban J connectivity index is 3.39. The summed E-state index contributed by atoms with van der Waals surface area (Å²) in [5.74, 6) is 0. The Labute approximate surface area is 91.3 Å². The average Bonchev–Trinajstić information content (AvgIpc) is 2.14. The lowest BCUT2D eigenvalue weighted by molar-refractivity contribution is -0.137. The maximum atomic E-state index is 12.5. The fraction of sp³-hybridized carbons (Fsp3) is 0.364. The van der Waals surface area contributed by atoms with Crippen LogP contribution in [0.3, 0.4) is 0 Å². The summed E-state index contributed by atoms with van der Waals surface area (Å²) < 4.78 is 37.5. The lowest BCUT2D eigenvalue weighted by Gasteiger charge is -2.21. The molecular formula is C11H12F3NO. The monoisotopic (exact) mass is 231 g/mol. The molecule has 1 aromatic carbocycles. The minimum atomic E-state index is -4.47. The normalized spacial score (nSPS) is 12.6. The van der Waals surface area contributed by atoms with E-state index in [9.17, 15) is 18.0 Å². The zero-order valence-corrected chi connectivity index (χ0v) is 8.93. The van der Waals surface area contributed by atoms with Crippen LogP contribution < -0.4 is 5.73 Å². The highest BCUT2D eigenvalue weighted by atomic mass is 19.4. The Hall–Kier alpha value is -1.36. The van der Waals surface area contributed by atoms with Gasteiger partial charge < -0.3 is 5.73 Å². The molecule has 5 heteroatoms.